The van der Waals surface area contributed by atoms with E-state index in [0.717, 1.165) is 30.8 Å². The molecule has 6 heteroatoms. The lowest BCUT2D eigenvalue weighted by atomic mass is 9.41. The van der Waals surface area contributed by atoms with Crippen LogP contribution in [-0.2, 0) is 19.7 Å². The van der Waals surface area contributed by atoms with Crippen LogP contribution in [0.15, 0.2) is 35.9 Å². The van der Waals surface area contributed by atoms with Crippen LogP contribution in [0.1, 0.15) is 25.3 Å². The number of fused-ring (bicyclic) bond motifs is 2. The maximum absolute atomic E-state index is 13.7. The van der Waals surface area contributed by atoms with Gasteiger partial charge in [-0.05, 0) is 31.4 Å². The first-order valence-electron chi connectivity index (χ1n) is 10.2. The quantitative estimate of drug-likeness (QED) is 0.589. The molecule has 0 aromatic heterocycles. The Morgan fingerprint density at radius 1 is 1.39 bits per heavy atom. The monoisotopic (exact) mass is 382 g/mol. The molecule has 148 valence electrons. The van der Waals surface area contributed by atoms with Gasteiger partial charge in [-0.25, -0.2) is 0 Å². The Labute approximate surface area is 164 Å². The number of benzene rings is 1. The van der Waals surface area contributed by atoms with Crippen LogP contribution in [0.3, 0.4) is 0 Å². The number of ether oxygens (including phenoxy) is 2. The number of rotatable bonds is 1. The van der Waals surface area contributed by atoms with Gasteiger partial charge in [0.25, 0.3) is 0 Å². The van der Waals surface area contributed by atoms with Gasteiger partial charge in [0.15, 0.2) is 12.0 Å². The van der Waals surface area contributed by atoms with Crippen molar-refractivity contribution in [1.29, 1.82) is 0 Å². The maximum atomic E-state index is 13.7. The summed E-state index contributed by atoms with van der Waals surface area (Å²) in [6.07, 6.45) is 3.01. The molecule has 4 fully saturated rings. The number of hydrogen-bond acceptors (Lipinski definition) is 6. The molecule has 0 radical (unpaired) electrons. The minimum atomic E-state index is -1.40. The van der Waals surface area contributed by atoms with Gasteiger partial charge in [0.2, 0.25) is 0 Å². The summed E-state index contributed by atoms with van der Waals surface area (Å²) >= 11 is 0. The molecule has 1 N–H and O–H groups in total. The normalized spacial score (nSPS) is 46.6. The van der Waals surface area contributed by atoms with Crippen molar-refractivity contribution in [2.24, 2.45) is 11.3 Å². The van der Waals surface area contributed by atoms with Crippen molar-refractivity contribution in [3.05, 3.63) is 41.5 Å². The SMILES string of the molecule is C/C=C1/CN2CC[C@@]34c5ccccc5N(C)[C@H]5O[C@]3(O)[C@@H]2C[C@@H]1[C@]54C(=O)OC. The van der Waals surface area contributed by atoms with Crippen molar-refractivity contribution in [2.45, 2.75) is 43.2 Å². The predicted octanol–water partition coefficient (Wildman–Crippen LogP) is 1.63. The standard InChI is InChI=1S/C22H26N2O4/c1-4-13-12-24-10-9-20-14-7-5-6-8-16(14)23(2)18-21(20,19(25)27-3)15(13)11-17(24)22(20,26)28-18/h4-8,15,17-18,26H,9-12H2,1-3H3/b13-4-/t15-,17-,18-,20-,21+,22+/m0/s1. The number of methoxy groups -OCH3 is 1. The molecule has 4 heterocycles. The minimum Gasteiger partial charge on any atom is -0.468 e. The summed E-state index contributed by atoms with van der Waals surface area (Å²) in [6, 6.07) is 8.04. The highest BCUT2D eigenvalue weighted by Crippen LogP contribution is 2.76. The molecule has 1 aliphatic carbocycles. The molecule has 1 aromatic rings. The second kappa shape index (κ2) is 4.99. The molecule has 1 saturated carbocycles. The van der Waals surface area contributed by atoms with Gasteiger partial charge in [-0.2, -0.15) is 0 Å². The topological polar surface area (TPSA) is 62.2 Å². The Balaban J connectivity index is 1.78. The fourth-order valence-electron chi connectivity index (χ4n) is 7.58. The summed E-state index contributed by atoms with van der Waals surface area (Å²) in [5.74, 6) is -1.66. The Kier molecular flexibility index (Phi) is 3.03. The highest BCUT2D eigenvalue weighted by atomic mass is 16.7. The fourth-order valence-corrected chi connectivity index (χ4v) is 7.58. The highest BCUT2D eigenvalue weighted by Gasteiger charge is 2.88. The summed E-state index contributed by atoms with van der Waals surface area (Å²) in [4.78, 5) is 18.1. The number of allylic oxidation sites excluding steroid dienone is 1. The number of carbonyl (C=O) groups excluding carboxylic acids is 1. The predicted molar refractivity (Wildman–Crippen MR) is 103 cm³/mol. The van der Waals surface area contributed by atoms with Crippen LogP contribution < -0.4 is 4.90 Å². The first kappa shape index (κ1) is 17.0. The molecule has 1 spiro atoms. The Morgan fingerprint density at radius 2 is 2.18 bits per heavy atom. The third kappa shape index (κ3) is 1.39. The van der Waals surface area contributed by atoms with Crippen molar-refractivity contribution in [2.75, 3.05) is 32.1 Å². The molecule has 6 bridgehead atoms. The van der Waals surface area contributed by atoms with Gasteiger partial charge < -0.3 is 19.5 Å². The molecule has 0 amide bonds. The first-order chi connectivity index (χ1) is 13.5. The lowest BCUT2D eigenvalue weighted by Gasteiger charge is -2.67. The average Bonchev–Trinajstić information content (AvgIpc) is 2.84. The van der Waals surface area contributed by atoms with Gasteiger partial charge in [-0.3, -0.25) is 9.69 Å². The van der Waals surface area contributed by atoms with Crippen molar-refractivity contribution in [1.82, 2.24) is 4.90 Å². The summed E-state index contributed by atoms with van der Waals surface area (Å²) in [6.45, 7) is 3.67. The van der Waals surface area contributed by atoms with E-state index in [1.165, 1.54) is 12.7 Å². The smallest absolute Gasteiger partial charge is 0.318 e. The molecule has 3 saturated heterocycles. The van der Waals surface area contributed by atoms with Crippen LogP contribution in [0.5, 0.6) is 0 Å². The van der Waals surface area contributed by atoms with Gasteiger partial charge in [-0.15, -0.1) is 0 Å². The summed E-state index contributed by atoms with van der Waals surface area (Å²) in [5.41, 5.74) is 1.56. The summed E-state index contributed by atoms with van der Waals surface area (Å²) < 4.78 is 12.0. The fraction of sp³-hybridized carbons (Fsp3) is 0.591. The van der Waals surface area contributed by atoms with Crippen LogP contribution >= 0.6 is 0 Å². The molecule has 6 atom stereocenters. The first-order valence-corrected chi connectivity index (χ1v) is 10.2. The Bertz CT molecular complexity index is 931. The average molecular weight is 382 g/mol. The van der Waals surface area contributed by atoms with E-state index in [2.05, 4.69) is 30.0 Å². The van der Waals surface area contributed by atoms with E-state index < -0.39 is 22.8 Å². The third-order valence-corrected chi connectivity index (χ3v) is 8.50. The zero-order chi connectivity index (χ0) is 19.5. The molecule has 0 unspecified atom stereocenters. The number of hydrogen-bond donors (Lipinski definition) is 1. The zero-order valence-electron chi connectivity index (χ0n) is 16.5. The second-order valence-corrected chi connectivity index (χ2v) is 8.95. The number of aliphatic hydroxyl groups is 1. The zero-order valence-corrected chi connectivity index (χ0v) is 16.5. The van der Waals surface area contributed by atoms with Crippen molar-refractivity contribution in [3.8, 4) is 0 Å². The summed E-state index contributed by atoms with van der Waals surface area (Å²) in [7, 11) is 3.43. The van der Waals surface area contributed by atoms with E-state index in [1.807, 2.05) is 24.1 Å². The number of para-hydroxylation sites is 1. The van der Waals surface area contributed by atoms with E-state index in [0.29, 0.717) is 6.42 Å². The van der Waals surface area contributed by atoms with E-state index in [1.54, 1.807) is 0 Å². The molecule has 5 aliphatic rings. The van der Waals surface area contributed by atoms with Crippen LogP contribution in [-0.4, -0.2) is 61.3 Å². The van der Waals surface area contributed by atoms with Crippen LogP contribution in [0.4, 0.5) is 5.69 Å². The van der Waals surface area contributed by atoms with Crippen LogP contribution in [0.2, 0.25) is 0 Å². The molecule has 6 rings (SSSR count). The minimum absolute atomic E-state index is 0.00455. The third-order valence-electron chi connectivity index (χ3n) is 8.50. The van der Waals surface area contributed by atoms with Gasteiger partial charge in [0, 0.05) is 31.7 Å². The molecule has 6 nitrogen and oxygen atoms in total. The number of anilines is 1. The van der Waals surface area contributed by atoms with E-state index >= 15 is 0 Å². The Morgan fingerprint density at radius 3 is 2.93 bits per heavy atom. The van der Waals surface area contributed by atoms with E-state index in [4.69, 9.17) is 9.47 Å². The number of piperidine rings is 2. The second-order valence-electron chi connectivity index (χ2n) is 8.95. The lowest BCUT2D eigenvalue weighted by Crippen LogP contribution is -2.80. The van der Waals surface area contributed by atoms with Gasteiger partial charge in [0.05, 0.1) is 18.6 Å². The molecular formula is C22H26N2O4. The molecule has 28 heavy (non-hydrogen) atoms. The van der Waals surface area contributed by atoms with Crippen molar-refractivity contribution >= 4 is 11.7 Å². The lowest BCUT2D eigenvalue weighted by molar-refractivity contribution is -0.287. The van der Waals surface area contributed by atoms with Crippen molar-refractivity contribution in [3.63, 3.8) is 0 Å². The number of nitrogens with zero attached hydrogens (tertiary/aromatic N) is 2. The number of carbonyl (C=O) groups is 1. The van der Waals surface area contributed by atoms with E-state index in [9.17, 15) is 9.90 Å². The highest BCUT2D eigenvalue weighted by molar-refractivity contribution is 5.87. The van der Waals surface area contributed by atoms with E-state index in [-0.39, 0.29) is 17.9 Å². The van der Waals surface area contributed by atoms with Gasteiger partial charge in [0.1, 0.15) is 5.41 Å². The Hall–Kier alpha value is -1.89. The van der Waals surface area contributed by atoms with Crippen LogP contribution in [0.25, 0.3) is 0 Å². The van der Waals surface area contributed by atoms with Crippen molar-refractivity contribution < 1.29 is 19.4 Å². The molecular weight excluding hydrogens is 356 g/mol. The maximum Gasteiger partial charge on any atom is 0.318 e. The molecule has 4 aliphatic heterocycles. The summed E-state index contributed by atoms with van der Waals surface area (Å²) in [5, 5.41) is 12.2. The molecule has 1 aromatic carbocycles. The van der Waals surface area contributed by atoms with Gasteiger partial charge >= 0.3 is 5.97 Å². The number of esters is 1. The van der Waals surface area contributed by atoms with Gasteiger partial charge in [-0.1, -0.05) is 29.8 Å². The largest absolute Gasteiger partial charge is 0.468 e. The van der Waals surface area contributed by atoms with Crippen LogP contribution in [0, 0.1) is 11.3 Å².